The first-order valence-corrected chi connectivity index (χ1v) is 17.1. The second kappa shape index (κ2) is 16.2. The summed E-state index contributed by atoms with van der Waals surface area (Å²) in [6.45, 7) is 7.17. The van der Waals surface area contributed by atoms with Gasteiger partial charge in [-0.05, 0) is 126 Å². The van der Waals surface area contributed by atoms with Crippen LogP contribution in [-0.2, 0) is 38.5 Å². The molecule has 7 unspecified atom stereocenters. The summed E-state index contributed by atoms with van der Waals surface area (Å²) in [5.74, 6) is -0.951. The molecule has 0 aromatic heterocycles. The topological polar surface area (TPSA) is 138 Å². The van der Waals surface area contributed by atoms with E-state index in [9.17, 15) is 19.5 Å². The molecule has 0 radical (unpaired) electrons. The maximum atomic E-state index is 13.3. The van der Waals surface area contributed by atoms with Gasteiger partial charge in [-0.15, -0.1) is 0 Å². The number of aliphatic carboxylic acids is 1. The fraction of sp³-hybridized carbons (Fsp3) is 0.912. The third-order valence-corrected chi connectivity index (χ3v) is 11.9. The number of esters is 2. The van der Waals surface area contributed by atoms with Crippen LogP contribution >= 0.6 is 0 Å². The number of ether oxygens (including phenoxy) is 2. The molecule has 2 N–H and O–H groups in total. The van der Waals surface area contributed by atoms with Crippen LogP contribution in [0.5, 0.6) is 0 Å². The van der Waals surface area contributed by atoms with Crippen molar-refractivity contribution in [2.45, 2.75) is 123 Å². The molecule has 0 spiro atoms. The minimum absolute atomic E-state index is 0.0195. The number of carbonyl (C=O) groups excluding carboxylic acids is 2. The fourth-order valence-corrected chi connectivity index (χ4v) is 8.92. The highest BCUT2D eigenvalue weighted by molar-refractivity contribution is 5.81. The van der Waals surface area contributed by atoms with Crippen molar-refractivity contribution in [3.05, 3.63) is 0 Å². The number of carboxylic acid groups (broad SMARTS) is 1. The van der Waals surface area contributed by atoms with Crippen molar-refractivity contribution in [1.82, 2.24) is 0 Å². The van der Waals surface area contributed by atoms with Crippen LogP contribution in [0.4, 0.5) is 0 Å². The van der Waals surface area contributed by atoms with Crippen LogP contribution in [0.2, 0.25) is 0 Å². The molecule has 0 saturated heterocycles. The van der Waals surface area contributed by atoms with Crippen molar-refractivity contribution >= 4 is 17.9 Å². The van der Waals surface area contributed by atoms with Crippen LogP contribution in [0.25, 0.3) is 0 Å². The van der Waals surface area contributed by atoms with Crippen molar-refractivity contribution in [3.63, 3.8) is 0 Å². The van der Waals surface area contributed by atoms with E-state index in [1.54, 1.807) is 0 Å². The summed E-state index contributed by atoms with van der Waals surface area (Å²) in [6.07, 6.45) is 10.9. The number of hydrogen-bond donors (Lipinski definition) is 2. The van der Waals surface area contributed by atoms with E-state index in [0.29, 0.717) is 56.7 Å². The average molecular weight is 625 g/mol. The molecule has 0 aromatic carbocycles. The third kappa shape index (κ3) is 8.53. The summed E-state index contributed by atoms with van der Waals surface area (Å²) in [5, 5.41) is 18.6. The Kier molecular flexibility index (Phi) is 12.9. The molecule has 4 saturated carbocycles. The normalized spacial score (nSPS) is 37.8. The second-order valence-electron chi connectivity index (χ2n) is 14.7. The summed E-state index contributed by atoms with van der Waals surface area (Å²) >= 11 is 0. The largest absolute Gasteiger partial charge is 0.481 e. The quantitative estimate of drug-likeness (QED) is 0.141. The standard InChI is InChI=1S/C34H56O10/c1-21-5-7-23(19-41-39)24(17-21)20-42-44-28-14-10-26(11-15-28)34(3,33(38)40-4)25-8-12-27(13-9-25)43-32(37)30-18-22(2)6-16-29(30)31(35)36/h21-30,39H,5-20H2,1-4H3,(H,35,36). The highest BCUT2D eigenvalue weighted by atomic mass is 17.2. The Morgan fingerprint density at radius 2 is 1.32 bits per heavy atom. The lowest BCUT2D eigenvalue weighted by Crippen LogP contribution is -2.47. The Hall–Kier alpha value is -1.75. The van der Waals surface area contributed by atoms with Gasteiger partial charge >= 0.3 is 17.9 Å². The Balaban J connectivity index is 1.26. The lowest BCUT2D eigenvalue weighted by Gasteiger charge is -2.46. The van der Waals surface area contributed by atoms with Crippen molar-refractivity contribution in [2.75, 3.05) is 20.3 Å². The molecule has 4 fully saturated rings. The highest BCUT2D eigenvalue weighted by Crippen LogP contribution is 2.50. The van der Waals surface area contributed by atoms with Crippen molar-refractivity contribution in [2.24, 2.45) is 52.8 Å². The third-order valence-electron chi connectivity index (χ3n) is 11.9. The van der Waals surface area contributed by atoms with Gasteiger partial charge in [-0.1, -0.05) is 20.3 Å². The number of rotatable bonds is 12. The summed E-state index contributed by atoms with van der Waals surface area (Å²) in [6, 6.07) is 0. The Bertz CT molecular complexity index is 940. The number of carboxylic acids is 1. The van der Waals surface area contributed by atoms with Crippen LogP contribution in [0.3, 0.4) is 0 Å². The molecular weight excluding hydrogens is 568 g/mol. The summed E-state index contributed by atoms with van der Waals surface area (Å²) in [4.78, 5) is 54.2. The first-order valence-electron chi connectivity index (χ1n) is 17.1. The van der Waals surface area contributed by atoms with Crippen molar-refractivity contribution < 1.29 is 48.9 Å². The van der Waals surface area contributed by atoms with Crippen LogP contribution in [0, 0.1) is 52.8 Å². The van der Waals surface area contributed by atoms with E-state index in [0.717, 1.165) is 64.2 Å². The molecule has 0 heterocycles. The van der Waals surface area contributed by atoms with Crippen LogP contribution in [0.1, 0.15) is 111 Å². The molecule has 4 aliphatic rings. The average Bonchev–Trinajstić information content (AvgIpc) is 3.02. The zero-order valence-electron chi connectivity index (χ0n) is 27.2. The molecule has 4 aliphatic carbocycles. The SMILES string of the molecule is COC(=O)C(C)(C1CCC(OOCC2CC(C)CCC2COO)CC1)C1CCC(OC(=O)C2CC(C)CCC2C(=O)O)CC1. The van der Waals surface area contributed by atoms with Gasteiger partial charge in [0.1, 0.15) is 6.10 Å². The van der Waals surface area contributed by atoms with Crippen molar-refractivity contribution in [1.29, 1.82) is 0 Å². The van der Waals surface area contributed by atoms with Gasteiger partial charge in [0.25, 0.3) is 0 Å². The van der Waals surface area contributed by atoms with E-state index < -0.39 is 23.2 Å². The van der Waals surface area contributed by atoms with Crippen LogP contribution in [0.15, 0.2) is 0 Å². The van der Waals surface area contributed by atoms with E-state index in [1.165, 1.54) is 7.11 Å². The lowest BCUT2D eigenvalue weighted by molar-refractivity contribution is -0.341. The molecule has 0 bridgehead atoms. The van der Waals surface area contributed by atoms with Crippen LogP contribution in [-0.4, -0.2) is 60.8 Å². The molecule has 10 heteroatoms. The first kappa shape index (κ1) is 35.1. The van der Waals surface area contributed by atoms with Gasteiger partial charge in [0.2, 0.25) is 0 Å². The number of carbonyl (C=O) groups is 3. The predicted molar refractivity (Wildman–Crippen MR) is 161 cm³/mol. The summed E-state index contributed by atoms with van der Waals surface area (Å²) < 4.78 is 11.3. The Labute approximate surface area is 262 Å². The Morgan fingerprint density at radius 3 is 1.91 bits per heavy atom. The predicted octanol–water partition coefficient (Wildman–Crippen LogP) is 6.45. The minimum Gasteiger partial charge on any atom is -0.481 e. The maximum Gasteiger partial charge on any atom is 0.312 e. The summed E-state index contributed by atoms with van der Waals surface area (Å²) in [5.41, 5.74) is -0.640. The second-order valence-corrected chi connectivity index (χ2v) is 14.7. The van der Waals surface area contributed by atoms with E-state index in [1.807, 2.05) is 6.92 Å². The van der Waals surface area contributed by atoms with Crippen molar-refractivity contribution in [3.8, 4) is 0 Å². The first-order chi connectivity index (χ1) is 21.1. The van der Waals surface area contributed by atoms with Gasteiger partial charge in [-0.25, -0.2) is 14.7 Å². The molecule has 0 aliphatic heterocycles. The zero-order valence-corrected chi connectivity index (χ0v) is 27.2. The maximum absolute atomic E-state index is 13.3. The number of methoxy groups -OCH3 is 1. The molecule has 0 amide bonds. The lowest BCUT2D eigenvalue weighted by atomic mass is 9.59. The van der Waals surface area contributed by atoms with E-state index in [4.69, 9.17) is 24.5 Å². The Morgan fingerprint density at radius 1 is 0.727 bits per heavy atom. The molecule has 10 nitrogen and oxygen atoms in total. The van der Waals surface area contributed by atoms with Gasteiger partial charge in [0.05, 0.1) is 43.7 Å². The molecule has 44 heavy (non-hydrogen) atoms. The molecule has 7 atom stereocenters. The molecule has 252 valence electrons. The summed E-state index contributed by atoms with van der Waals surface area (Å²) in [7, 11) is 1.46. The van der Waals surface area contributed by atoms with Gasteiger partial charge < -0.3 is 14.6 Å². The zero-order chi connectivity index (χ0) is 31.9. The van der Waals surface area contributed by atoms with Gasteiger partial charge in [0.15, 0.2) is 0 Å². The number of hydrogen-bond acceptors (Lipinski definition) is 9. The monoisotopic (exact) mass is 624 g/mol. The highest BCUT2D eigenvalue weighted by Gasteiger charge is 2.50. The van der Waals surface area contributed by atoms with Gasteiger partial charge in [0, 0.05) is 0 Å². The van der Waals surface area contributed by atoms with Gasteiger partial charge in [-0.3, -0.25) is 19.6 Å². The molecule has 0 aromatic rings. The molecule has 4 rings (SSSR count). The van der Waals surface area contributed by atoms with E-state index in [-0.39, 0.29) is 41.9 Å². The minimum atomic E-state index is -0.913. The fourth-order valence-electron chi connectivity index (χ4n) is 8.92. The smallest absolute Gasteiger partial charge is 0.312 e. The van der Waals surface area contributed by atoms with E-state index >= 15 is 0 Å². The van der Waals surface area contributed by atoms with Crippen LogP contribution < -0.4 is 0 Å². The van der Waals surface area contributed by atoms with Gasteiger partial charge in [-0.2, -0.15) is 0 Å². The molecular formula is C34H56O10. The van der Waals surface area contributed by atoms with E-state index in [2.05, 4.69) is 18.7 Å².